The Kier molecular flexibility index (Phi) is 10.3. The molecule has 224 valence electrons. The minimum atomic E-state index is -4.83. The van der Waals surface area contributed by atoms with Gasteiger partial charge in [0.2, 0.25) is 0 Å². The van der Waals surface area contributed by atoms with E-state index < -0.39 is 28.8 Å². The van der Waals surface area contributed by atoms with Crippen LogP contribution in [0, 0.1) is 12.7 Å². The van der Waals surface area contributed by atoms with Crippen LogP contribution in [0.3, 0.4) is 0 Å². The molecule has 0 radical (unpaired) electrons. The zero-order valence-electron chi connectivity index (χ0n) is 22.9. The number of hydrogen-bond acceptors (Lipinski definition) is 8. The van der Waals surface area contributed by atoms with Crippen molar-refractivity contribution in [1.82, 2.24) is 23.0 Å². The highest BCUT2D eigenvalue weighted by molar-refractivity contribution is 14.1. The van der Waals surface area contributed by atoms with Crippen molar-refractivity contribution in [1.29, 1.82) is 0 Å². The first-order chi connectivity index (χ1) is 19.2. The molecular formula is C26H30ClF4I2N7O. The number of fused-ring (bicyclic) bond motifs is 1. The molecule has 41 heavy (non-hydrogen) atoms. The summed E-state index contributed by atoms with van der Waals surface area (Å²) in [7, 11) is 2.00. The normalized spacial score (nSPS) is 16.4. The number of aromatic nitrogens is 3. The number of anilines is 2. The van der Waals surface area contributed by atoms with E-state index in [1.807, 2.05) is 7.05 Å². The van der Waals surface area contributed by atoms with Gasteiger partial charge in [-0.1, -0.05) is 11.6 Å². The van der Waals surface area contributed by atoms with Gasteiger partial charge in [0.25, 0.3) is 0 Å². The lowest BCUT2D eigenvalue weighted by Gasteiger charge is -2.24. The molecule has 0 amide bonds. The van der Waals surface area contributed by atoms with Crippen LogP contribution in [0.4, 0.5) is 29.2 Å². The Morgan fingerprint density at radius 1 is 1.20 bits per heavy atom. The van der Waals surface area contributed by atoms with Gasteiger partial charge in [-0.3, -0.25) is 3.11 Å². The number of likely N-dealkylation sites (tertiary alicyclic amines) is 1. The predicted octanol–water partition coefficient (Wildman–Crippen LogP) is 7.08. The number of halogens is 7. The van der Waals surface area contributed by atoms with Crippen LogP contribution >= 0.6 is 57.3 Å². The molecule has 1 aliphatic heterocycles. The van der Waals surface area contributed by atoms with E-state index in [4.69, 9.17) is 22.1 Å². The van der Waals surface area contributed by atoms with Crippen LogP contribution in [0.5, 0.6) is 6.01 Å². The molecule has 1 saturated heterocycles. The van der Waals surface area contributed by atoms with Crippen LogP contribution in [0.15, 0.2) is 12.1 Å². The molecule has 15 heteroatoms. The third-order valence-corrected chi connectivity index (χ3v) is 9.81. The zero-order chi connectivity index (χ0) is 30.2. The first-order valence-electron chi connectivity index (χ1n) is 12.9. The van der Waals surface area contributed by atoms with E-state index in [-0.39, 0.29) is 52.0 Å². The number of nitrogens with zero attached hydrogens (tertiary/aromatic N) is 6. The molecule has 1 unspecified atom stereocenters. The molecule has 1 fully saturated rings. The van der Waals surface area contributed by atoms with E-state index in [1.165, 1.54) is 13.0 Å². The maximum atomic E-state index is 16.4. The van der Waals surface area contributed by atoms with Gasteiger partial charge in [0.15, 0.2) is 11.6 Å². The molecule has 0 bridgehead atoms. The van der Waals surface area contributed by atoms with Crippen molar-refractivity contribution < 1.29 is 22.3 Å². The average Bonchev–Trinajstić information content (AvgIpc) is 3.28. The topological polar surface area (TPSA) is 83.6 Å². The summed E-state index contributed by atoms with van der Waals surface area (Å²) in [5.74, 6) is -0.926. The number of nitrogens with two attached hydrogens (primary N) is 1. The Balaban J connectivity index is 1.88. The summed E-state index contributed by atoms with van der Waals surface area (Å²) in [5.41, 5.74) is 3.02. The lowest BCUT2D eigenvalue weighted by atomic mass is 9.99. The SMILES string of the molecule is Cc1cc(N)nc(-c2c(Cl)cc3c(N(I)CCN(I)C(C)C)nc(OCC4CCCN4C)nc3c2F)c1C(F)(F)F. The summed E-state index contributed by atoms with van der Waals surface area (Å²) in [6, 6.07) is 2.81. The monoisotopic (exact) mass is 821 g/mol. The standard InChI is InChI=1S/C26H30ClF4I2N7O/c1-13(2)39(32)8-9-40(33)24-16-11-17(27)19(23-20(26(29,30)31)14(3)10-18(34)35-23)21(28)22(16)36-25(37-24)41-12-15-6-5-7-38(15)4/h10-11,13,15H,5-9,12H2,1-4H3,(H2,34,35). The number of alkyl halides is 3. The Hall–Kier alpha value is -1.50. The van der Waals surface area contributed by atoms with E-state index in [0.29, 0.717) is 18.9 Å². The highest BCUT2D eigenvalue weighted by Crippen LogP contribution is 2.44. The van der Waals surface area contributed by atoms with Crippen LogP contribution in [-0.2, 0) is 6.18 Å². The molecule has 1 aliphatic rings. The summed E-state index contributed by atoms with van der Waals surface area (Å²) in [6.45, 7) is 7.76. The Morgan fingerprint density at radius 2 is 1.90 bits per heavy atom. The number of aryl methyl sites for hydroxylation is 1. The molecule has 3 aromatic rings. The highest BCUT2D eigenvalue weighted by Gasteiger charge is 2.38. The number of ether oxygens (including phenoxy) is 1. The lowest BCUT2D eigenvalue weighted by molar-refractivity contribution is -0.137. The summed E-state index contributed by atoms with van der Waals surface area (Å²) in [5, 5.41) is -0.0404. The minimum absolute atomic E-state index is 0.0791. The van der Waals surface area contributed by atoms with E-state index in [0.717, 1.165) is 25.5 Å². The number of nitrogen functional groups attached to an aromatic ring is 1. The van der Waals surface area contributed by atoms with Gasteiger partial charge in [0.05, 0.1) is 44.7 Å². The van der Waals surface area contributed by atoms with E-state index in [2.05, 4.69) is 82.5 Å². The molecular weight excluding hydrogens is 792 g/mol. The average molecular weight is 822 g/mol. The molecule has 0 saturated carbocycles. The third kappa shape index (κ3) is 7.18. The van der Waals surface area contributed by atoms with Gasteiger partial charge >= 0.3 is 12.2 Å². The van der Waals surface area contributed by atoms with Gasteiger partial charge in [0, 0.05) is 53.4 Å². The van der Waals surface area contributed by atoms with Crippen molar-refractivity contribution in [3.05, 3.63) is 34.1 Å². The summed E-state index contributed by atoms with van der Waals surface area (Å²) in [6.07, 6.45) is -2.86. The quantitative estimate of drug-likeness (QED) is 0.139. The van der Waals surface area contributed by atoms with Gasteiger partial charge in [-0.05, 0) is 64.9 Å². The predicted molar refractivity (Wildman–Crippen MR) is 170 cm³/mol. The second-order valence-electron chi connectivity index (χ2n) is 10.2. The number of hydrogen-bond donors (Lipinski definition) is 1. The van der Waals surface area contributed by atoms with Crippen LogP contribution < -0.4 is 13.6 Å². The molecule has 4 rings (SSSR count). The fourth-order valence-corrected chi connectivity index (χ4v) is 5.85. The van der Waals surface area contributed by atoms with Crippen LogP contribution in [-0.4, -0.2) is 68.3 Å². The van der Waals surface area contributed by atoms with Crippen molar-refractivity contribution >= 4 is 79.9 Å². The fourth-order valence-electron chi connectivity index (χ4n) is 4.77. The number of pyridine rings is 1. The summed E-state index contributed by atoms with van der Waals surface area (Å²) in [4.78, 5) is 14.9. The maximum Gasteiger partial charge on any atom is 0.418 e. The number of benzene rings is 1. The highest BCUT2D eigenvalue weighted by atomic mass is 127. The van der Waals surface area contributed by atoms with Gasteiger partial charge in [-0.2, -0.15) is 23.1 Å². The molecule has 2 aromatic heterocycles. The third-order valence-electron chi connectivity index (χ3n) is 6.98. The van der Waals surface area contributed by atoms with Crippen molar-refractivity contribution in [3.63, 3.8) is 0 Å². The summed E-state index contributed by atoms with van der Waals surface area (Å²) < 4.78 is 68.6. The summed E-state index contributed by atoms with van der Waals surface area (Å²) >= 11 is 10.8. The zero-order valence-corrected chi connectivity index (χ0v) is 27.9. The number of likely N-dealkylation sites (N-methyl/N-ethyl adjacent to an activating group) is 1. The first-order valence-corrected chi connectivity index (χ1v) is 15.2. The van der Waals surface area contributed by atoms with Gasteiger partial charge in [0.1, 0.15) is 17.9 Å². The van der Waals surface area contributed by atoms with E-state index in [9.17, 15) is 13.2 Å². The first kappa shape index (κ1) is 32.4. The Labute approximate surface area is 269 Å². The molecule has 1 atom stereocenters. The largest absolute Gasteiger partial charge is 0.462 e. The smallest absolute Gasteiger partial charge is 0.418 e. The van der Waals surface area contributed by atoms with Crippen LogP contribution in [0.2, 0.25) is 5.02 Å². The molecule has 0 aliphatic carbocycles. The Bertz CT molecular complexity index is 1430. The number of rotatable bonds is 9. The Morgan fingerprint density at radius 3 is 2.51 bits per heavy atom. The van der Waals surface area contributed by atoms with Crippen molar-refractivity contribution in [2.24, 2.45) is 0 Å². The van der Waals surface area contributed by atoms with Gasteiger partial charge < -0.3 is 15.4 Å². The van der Waals surface area contributed by atoms with Crippen LogP contribution in [0.1, 0.15) is 37.8 Å². The van der Waals surface area contributed by atoms with Gasteiger partial charge in [-0.15, -0.1) is 0 Å². The van der Waals surface area contributed by atoms with Crippen LogP contribution in [0.25, 0.3) is 22.2 Å². The molecule has 0 spiro atoms. The molecule has 3 heterocycles. The second kappa shape index (κ2) is 13.0. The van der Waals surface area contributed by atoms with Crippen molar-refractivity contribution in [2.45, 2.75) is 51.9 Å². The molecule has 2 N–H and O–H groups in total. The molecule has 1 aromatic carbocycles. The van der Waals surface area contributed by atoms with E-state index in [1.54, 1.807) is 3.11 Å². The van der Waals surface area contributed by atoms with Crippen molar-refractivity contribution in [3.8, 4) is 17.3 Å². The van der Waals surface area contributed by atoms with E-state index >= 15 is 4.39 Å². The van der Waals surface area contributed by atoms with Gasteiger partial charge in [-0.25, -0.2) is 12.5 Å². The maximum absolute atomic E-state index is 16.4. The van der Waals surface area contributed by atoms with Crippen molar-refractivity contribution in [2.75, 3.05) is 42.1 Å². The lowest BCUT2D eigenvalue weighted by Crippen LogP contribution is -2.31. The second-order valence-corrected chi connectivity index (χ2v) is 13.1. The molecule has 8 nitrogen and oxygen atoms in total. The minimum Gasteiger partial charge on any atom is -0.462 e. The fraction of sp³-hybridized carbons (Fsp3) is 0.500.